The van der Waals surface area contributed by atoms with E-state index in [9.17, 15) is 19.2 Å². The van der Waals surface area contributed by atoms with Crippen LogP contribution >= 0.6 is 0 Å². The van der Waals surface area contributed by atoms with Crippen molar-refractivity contribution in [2.24, 2.45) is 0 Å². The van der Waals surface area contributed by atoms with Gasteiger partial charge in [0.1, 0.15) is 23.7 Å². The number of hydrogen-bond donors (Lipinski definition) is 0. The zero-order valence-corrected chi connectivity index (χ0v) is 11.7. The van der Waals surface area contributed by atoms with Crippen LogP contribution in [0.5, 0.6) is 5.75 Å². The number of carbonyl (C=O) groups excluding carboxylic acids is 2. The number of nitrogens with zero attached hydrogens (tertiary/aromatic N) is 2. The summed E-state index contributed by atoms with van der Waals surface area (Å²) in [5.74, 6) is -1.97. The number of hydrogen-bond acceptors (Lipinski definition) is 5. The molecule has 0 bridgehead atoms. The predicted molar refractivity (Wildman–Crippen MR) is 69.0 cm³/mol. The van der Waals surface area contributed by atoms with Crippen LogP contribution in [0.2, 0.25) is 0 Å². The number of ether oxygens (including phenoxy) is 2. The molecule has 1 heterocycles. The fourth-order valence-electron chi connectivity index (χ4n) is 2.37. The summed E-state index contributed by atoms with van der Waals surface area (Å²) in [6.45, 7) is 1.43. The lowest BCUT2D eigenvalue weighted by Crippen LogP contribution is -2.41. The van der Waals surface area contributed by atoms with E-state index < -0.39 is 29.8 Å². The molecule has 0 fully saturated rings. The van der Waals surface area contributed by atoms with Crippen LogP contribution in [0.25, 0.3) is 0 Å². The summed E-state index contributed by atoms with van der Waals surface area (Å²) in [7, 11) is 2.53. The molecule has 2 atom stereocenters. The van der Waals surface area contributed by atoms with Crippen molar-refractivity contribution in [2.45, 2.75) is 19.0 Å². The maximum Gasteiger partial charge on any atom is 0.328 e. The molecule has 1 amide bonds. The molecule has 0 aromatic heterocycles. The van der Waals surface area contributed by atoms with Gasteiger partial charge in [0.2, 0.25) is 0 Å². The van der Waals surface area contributed by atoms with Crippen molar-refractivity contribution < 1.29 is 23.5 Å². The lowest BCUT2D eigenvalue weighted by molar-refractivity contribution is -0.145. The Balaban J connectivity index is 2.56. The number of nitriles is 1. The summed E-state index contributed by atoms with van der Waals surface area (Å²) in [5.41, 5.74) is -0.0202. The van der Waals surface area contributed by atoms with Crippen LogP contribution in [0.3, 0.4) is 0 Å². The Morgan fingerprint density at radius 2 is 2.14 bits per heavy atom. The third-order valence-electron chi connectivity index (χ3n) is 3.43. The smallest absolute Gasteiger partial charge is 0.328 e. The Morgan fingerprint density at radius 1 is 1.48 bits per heavy atom. The van der Waals surface area contributed by atoms with Crippen LogP contribution in [0, 0.1) is 17.1 Å². The largest absolute Gasteiger partial charge is 0.497 e. The lowest BCUT2D eigenvalue weighted by Gasteiger charge is -2.25. The second-order valence-corrected chi connectivity index (χ2v) is 4.52. The quantitative estimate of drug-likeness (QED) is 0.787. The highest BCUT2D eigenvalue weighted by Crippen LogP contribution is 2.38. The SMILES string of the molecule is COC(=O)C(C)N1C(=O)c2c(F)cc(OC)cc2C1C#N. The van der Waals surface area contributed by atoms with E-state index in [1.165, 1.54) is 27.2 Å². The predicted octanol–water partition coefficient (Wildman–Crippen LogP) is 1.42. The maximum absolute atomic E-state index is 14.1. The zero-order valence-electron chi connectivity index (χ0n) is 11.7. The summed E-state index contributed by atoms with van der Waals surface area (Å²) < 4.78 is 23.6. The van der Waals surface area contributed by atoms with Gasteiger partial charge in [-0.1, -0.05) is 0 Å². The van der Waals surface area contributed by atoms with Gasteiger partial charge in [-0.3, -0.25) is 4.79 Å². The van der Waals surface area contributed by atoms with Crippen LogP contribution in [0.1, 0.15) is 28.9 Å². The molecule has 2 unspecified atom stereocenters. The van der Waals surface area contributed by atoms with Crippen molar-refractivity contribution in [2.75, 3.05) is 14.2 Å². The van der Waals surface area contributed by atoms with E-state index in [-0.39, 0.29) is 16.9 Å². The topological polar surface area (TPSA) is 79.6 Å². The fourth-order valence-corrected chi connectivity index (χ4v) is 2.37. The minimum absolute atomic E-state index is 0.190. The van der Waals surface area contributed by atoms with E-state index >= 15 is 0 Å². The Bertz CT molecular complexity index is 653. The van der Waals surface area contributed by atoms with Gasteiger partial charge >= 0.3 is 5.97 Å². The molecule has 0 aliphatic carbocycles. The van der Waals surface area contributed by atoms with E-state index in [1.807, 2.05) is 6.07 Å². The van der Waals surface area contributed by atoms with E-state index in [4.69, 9.17) is 4.74 Å². The number of carbonyl (C=O) groups is 2. The van der Waals surface area contributed by atoms with Crippen LogP contribution < -0.4 is 4.74 Å². The summed E-state index contributed by atoms with van der Waals surface area (Å²) in [6.07, 6.45) is 0. The molecular formula is C14H13FN2O4. The first-order chi connectivity index (χ1) is 9.96. The van der Waals surface area contributed by atoms with Crippen molar-refractivity contribution in [1.29, 1.82) is 5.26 Å². The highest BCUT2D eigenvalue weighted by molar-refractivity contribution is 6.02. The third-order valence-corrected chi connectivity index (χ3v) is 3.43. The minimum Gasteiger partial charge on any atom is -0.497 e. The molecule has 0 saturated heterocycles. The van der Waals surface area contributed by atoms with E-state index in [1.54, 1.807) is 0 Å². The molecule has 1 aromatic rings. The normalized spacial score (nSPS) is 18.0. The summed E-state index contributed by atoms with van der Waals surface area (Å²) in [5, 5.41) is 9.30. The molecular weight excluding hydrogens is 279 g/mol. The standard InChI is InChI=1S/C14H13FN2O4/c1-7(14(19)21-3)17-11(6-16)9-4-8(20-2)5-10(15)12(9)13(17)18/h4-5,7,11H,1-3H3. The first kappa shape index (κ1) is 14.8. The molecule has 1 aliphatic heterocycles. The van der Waals surface area contributed by atoms with E-state index in [0.717, 1.165) is 11.0 Å². The van der Waals surface area contributed by atoms with Crippen molar-refractivity contribution in [3.63, 3.8) is 0 Å². The molecule has 110 valence electrons. The molecule has 0 radical (unpaired) electrons. The molecule has 21 heavy (non-hydrogen) atoms. The van der Waals surface area contributed by atoms with E-state index in [2.05, 4.69) is 4.74 Å². The summed E-state index contributed by atoms with van der Waals surface area (Å²) >= 11 is 0. The van der Waals surface area contributed by atoms with Gasteiger partial charge in [0.05, 0.1) is 25.9 Å². The monoisotopic (exact) mass is 292 g/mol. The van der Waals surface area contributed by atoms with Crippen LogP contribution in [0.15, 0.2) is 12.1 Å². The van der Waals surface area contributed by atoms with E-state index in [0.29, 0.717) is 0 Å². The highest BCUT2D eigenvalue weighted by atomic mass is 19.1. The van der Waals surface area contributed by atoms with Crippen molar-refractivity contribution in [1.82, 2.24) is 4.90 Å². The summed E-state index contributed by atoms with van der Waals surface area (Å²) in [6, 6.07) is 2.35. The van der Waals surface area contributed by atoms with Gasteiger partial charge in [-0.25, -0.2) is 9.18 Å². The Morgan fingerprint density at radius 3 is 2.67 bits per heavy atom. The second-order valence-electron chi connectivity index (χ2n) is 4.52. The average Bonchev–Trinajstić information content (AvgIpc) is 2.77. The minimum atomic E-state index is -1.06. The van der Waals surface area contributed by atoms with Crippen LogP contribution in [-0.2, 0) is 9.53 Å². The number of methoxy groups -OCH3 is 2. The summed E-state index contributed by atoms with van der Waals surface area (Å²) in [4.78, 5) is 25.0. The van der Waals surface area contributed by atoms with Gasteiger partial charge in [0.25, 0.3) is 5.91 Å². The first-order valence-electron chi connectivity index (χ1n) is 6.13. The molecule has 6 nitrogen and oxygen atoms in total. The van der Waals surface area contributed by atoms with Gasteiger partial charge in [0, 0.05) is 11.6 Å². The zero-order chi connectivity index (χ0) is 15.7. The molecule has 0 spiro atoms. The van der Waals surface area contributed by atoms with Gasteiger partial charge in [-0.05, 0) is 13.0 Å². The number of halogens is 1. The first-order valence-corrected chi connectivity index (χ1v) is 6.13. The van der Waals surface area contributed by atoms with Crippen molar-refractivity contribution in [3.05, 3.63) is 29.1 Å². The van der Waals surface area contributed by atoms with Gasteiger partial charge in [-0.2, -0.15) is 5.26 Å². The third kappa shape index (κ3) is 2.18. The van der Waals surface area contributed by atoms with Crippen LogP contribution in [0.4, 0.5) is 4.39 Å². The number of amides is 1. The Kier molecular flexibility index (Phi) is 3.80. The number of esters is 1. The van der Waals surface area contributed by atoms with Crippen molar-refractivity contribution >= 4 is 11.9 Å². The molecule has 1 aliphatic rings. The van der Waals surface area contributed by atoms with Gasteiger partial charge in [-0.15, -0.1) is 0 Å². The molecule has 0 saturated carbocycles. The van der Waals surface area contributed by atoms with Crippen LogP contribution in [-0.4, -0.2) is 37.0 Å². The number of fused-ring (bicyclic) bond motifs is 1. The molecule has 0 N–H and O–H groups in total. The number of rotatable bonds is 3. The highest BCUT2D eigenvalue weighted by Gasteiger charge is 2.44. The molecule has 2 rings (SSSR count). The molecule has 7 heteroatoms. The maximum atomic E-state index is 14.1. The average molecular weight is 292 g/mol. The number of benzene rings is 1. The molecule has 1 aromatic carbocycles. The Labute approximate surface area is 120 Å². The lowest BCUT2D eigenvalue weighted by atomic mass is 10.0. The second kappa shape index (κ2) is 5.40. The van der Waals surface area contributed by atoms with Gasteiger partial charge < -0.3 is 14.4 Å². The van der Waals surface area contributed by atoms with Crippen molar-refractivity contribution in [3.8, 4) is 11.8 Å². The Hall–Kier alpha value is -2.62. The van der Waals surface area contributed by atoms with Gasteiger partial charge in [0.15, 0.2) is 0 Å². The fraction of sp³-hybridized carbons (Fsp3) is 0.357.